The van der Waals surface area contributed by atoms with E-state index in [1.54, 1.807) is 31.4 Å². The van der Waals surface area contributed by atoms with Gasteiger partial charge < -0.3 is 19.9 Å². The third-order valence-electron chi connectivity index (χ3n) is 2.89. The average molecular weight is 291 g/mol. The number of methoxy groups -OCH3 is 1. The van der Waals surface area contributed by atoms with Crippen molar-refractivity contribution in [3.8, 4) is 11.5 Å². The van der Waals surface area contributed by atoms with E-state index in [9.17, 15) is 9.50 Å². The molecule has 21 heavy (non-hydrogen) atoms. The number of nitrogens with one attached hydrogen (secondary N) is 1. The lowest BCUT2D eigenvalue weighted by Gasteiger charge is -2.15. The smallest absolute Gasteiger partial charge is 0.161 e. The summed E-state index contributed by atoms with van der Waals surface area (Å²) in [5.41, 5.74) is 0.743. The fourth-order valence-corrected chi connectivity index (χ4v) is 1.79. The van der Waals surface area contributed by atoms with Crippen LogP contribution in [0.3, 0.4) is 0 Å². The molecule has 0 aliphatic carbocycles. The Morgan fingerprint density at radius 1 is 1.10 bits per heavy atom. The summed E-state index contributed by atoms with van der Waals surface area (Å²) in [7, 11) is 1.56. The van der Waals surface area contributed by atoms with E-state index in [4.69, 9.17) is 9.47 Å². The molecular formula is C16H18FNO3. The molecule has 0 fully saturated rings. The normalized spacial score (nSPS) is 11.8. The Kier molecular flexibility index (Phi) is 5.40. The minimum Gasteiger partial charge on any atom is -0.493 e. The summed E-state index contributed by atoms with van der Waals surface area (Å²) in [5.74, 6) is 0.914. The first-order chi connectivity index (χ1) is 10.2. The lowest BCUT2D eigenvalue weighted by Crippen LogP contribution is -2.26. The van der Waals surface area contributed by atoms with Crippen LogP contribution in [-0.4, -0.2) is 31.5 Å². The molecule has 0 saturated carbocycles. The number of ether oxygens (including phenoxy) is 2. The van der Waals surface area contributed by atoms with Gasteiger partial charge >= 0.3 is 0 Å². The molecule has 0 bridgehead atoms. The Morgan fingerprint density at radius 3 is 2.43 bits per heavy atom. The quantitative estimate of drug-likeness (QED) is 0.823. The number of anilines is 1. The zero-order valence-electron chi connectivity index (χ0n) is 11.8. The third-order valence-corrected chi connectivity index (χ3v) is 2.89. The molecule has 0 saturated heterocycles. The van der Waals surface area contributed by atoms with Crippen molar-refractivity contribution >= 4 is 5.69 Å². The highest BCUT2D eigenvalue weighted by molar-refractivity contribution is 5.43. The average Bonchev–Trinajstić information content (AvgIpc) is 2.52. The van der Waals surface area contributed by atoms with E-state index in [0.717, 1.165) is 5.69 Å². The number of aliphatic hydroxyl groups excluding tert-OH is 1. The number of hydrogen-bond acceptors (Lipinski definition) is 4. The van der Waals surface area contributed by atoms with Gasteiger partial charge in [-0.1, -0.05) is 12.1 Å². The van der Waals surface area contributed by atoms with Crippen LogP contribution in [0.5, 0.6) is 11.5 Å². The molecule has 0 radical (unpaired) electrons. The van der Waals surface area contributed by atoms with Crippen molar-refractivity contribution in [1.29, 1.82) is 0 Å². The molecule has 0 aliphatic heterocycles. The Hall–Kier alpha value is -2.27. The zero-order valence-corrected chi connectivity index (χ0v) is 11.8. The highest BCUT2D eigenvalue weighted by Crippen LogP contribution is 2.25. The minimum atomic E-state index is -0.694. The number of benzene rings is 2. The number of halogens is 1. The van der Waals surface area contributed by atoms with Crippen molar-refractivity contribution < 1.29 is 19.0 Å². The van der Waals surface area contributed by atoms with Crippen molar-refractivity contribution in [3.63, 3.8) is 0 Å². The van der Waals surface area contributed by atoms with Crippen LogP contribution in [0.2, 0.25) is 0 Å². The van der Waals surface area contributed by atoms with Gasteiger partial charge in [0, 0.05) is 12.2 Å². The van der Waals surface area contributed by atoms with Gasteiger partial charge in [-0.05, 0) is 36.4 Å². The maximum absolute atomic E-state index is 12.8. The Morgan fingerprint density at radius 2 is 1.76 bits per heavy atom. The van der Waals surface area contributed by atoms with Gasteiger partial charge in [-0.15, -0.1) is 0 Å². The highest BCUT2D eigenvalue weighted by atomic mass is 19.1. The predicted octanol–water partition coefficient (Wildman–Crippen LogP) is 2.69. The van der Waals surface area contributed by atoms with Crippen LogP contribution in [0.1, 0.15) is 0 Å². The van der Waals surface area contributed by atoms with Gasteiger partial charge in [0.15, 0.2) is 11.5 Å². The van der Waals surface area contributed by atoms with E-state index in [1.165, 1.54) is 12.1 Å². The van der Waals surface area contributed by atoms with Crippen molar-refractivity contribution in [1.82, 2.24) is 0 Å². The monoisotopic (exact) mass is 291 g/mol. The Bertz CT molecular complexity index is 560. The van der Waals surface area contributed by atoms with E-state index < -0.39 is 6.10 Å². The lowest BCUT2D eigenvalue weighted by atomic mass is 10.3. The molecule has 2 N–H and O–H groups in total. The van der Waals surface area contributed by atoms with Gasteiger partial charge in [-0.2, -0.15) is 0 Å². The van der Waals surface area contributed by atoms with Crippen LogP contribution >= 0.6 is 0 Å². The number of para-hydroxylation sites is 2. The minimum absolute atomic E-state index is 0.134. The molecule has 112 valence electrons. The van der Waals surface area contributed by atoms with E-state index in [0.29, 0.717) is 18.0 Å². The molecule has 2 aromatic rings. The van der Waals surface area contributed by atoms with E-state index in [-0.39, 0.29) is 12.4 Å². The summed E-state index contributed by atoms with van der Waals surface area (Å²) in [4.78, 5) is 0. The molecule has 4 nitrogen and oxygen atoms in total. The number of rotatable bonds is 7. The summed E-state index contributed by atoms with van der Waals surface area (Å²) >= 11 is 0. The standard InChI is InChI=1S/C16H18FNO3/c1-20-15-4-2-3-5-16(15)21-11-14(19)10-18-13-8-6-12(17)7-9-13/h2-9,14,18-19H,10-11H2,1H3. The van der Waals surface area contributed by atoms with Gasteiger partial charge in [-0.25, -0.2) is 4.39 Å². The summed E-state index contributed by atoms with van der Waals surface area (Å²) in [6.45, 7) is 0.440. The molecule has 0 aliphatic rings. The molecule has 2 rings (SSSR count). The van der Waals surface area contributed by atoms with Gasteiger partial charge in [-0.3, -0.25) is 0 Å². The van der Waals surface area contributed by atoms with Crippen LogP contribution in [0.4, 0.5) is 10.1 Å². The van der Waals surface area contributed by atoms with E-state index >= 15 is 0 Å². The van der Waals surface area contributed by atoms with Gasteiger partial charge in [0.05, 0.1) is 7.11 Å². The van der Waals surface area contributed by atoms with Crippen LogP contribution in [-0.2, 0) is 0 Å². The predicted molar refractivity (Wildman–Crippen MR) is 79.4 cm³/mol. The Labute approximate surface area is 123 Å². The maximum atomic E-state index is 12.8. The molecule has 0 aromatic heterocycles. The first kappa shape index (κ1) is 15.1. The summed E-state index contributed by atoms with van der Waals surface area (Å²) in [6, 6.07) is 13.2. The van der Waals surface area contributed by atoms with Gasteiger partial charge in [0.1, 0.15) is 18.5 Å². The van der Waals surface area contributed by atoms with Gasteiger partial charge in [0.2, 0.25) is 0 Å². The summed E-state index contributed by atoms with van der Waals surface area (Å²) in [5, 5.41) is 12.9. The molecule has 0 heterocycles. The fourth-order valence-electron chi connectivity index (χ4n) is 1.79. The summed E-state index contributed by atoms with van der Waals surface area (Å²) < 4.78 is 23.4. The van der Waals surface area contributed by atoms with Crippen molar-refractivity contribution in [2.45, 2.75) is 6.10 Å². The zero-order chi connectivity index (χ0) is 15.1. The first-order valence-electron chi connectivity index (χ1n) is 6.62. The van der Waals surface area contributed by atoms with Crippen LogP contribution in [0.15, 0.2) is 48.5 Å². The maximum Gasteiger partial charge on any atom is 0.161 e. The second-order valence-corrected chi connectivity index (χ2v) is 4.50. The van der Waals surface area contributed by atoms with Crippen molar-refractivity contribution in [2.24, 2.45) is 0 Å². The molecule has 0 amide bonds. The lowest BCUT2D eigenvalue weighted by molar-refractivity contribution is 0.115. The van der Waals surface area contributed by atoms with E-state index in [1.807, 2.05) is 12.1 Å². The Balaban J connectivity index is 1.79. The second kappa shape index (κ2) is 7.50. The topological polar surface area (TPSA) is 50.7 Å². The second-order valence-electron chi connectivity index (χ2n) is 4.50. The van der Waals surface area contributed by atoms with E-state index in [2.05, 4.69) is 5.32 Å². The molecular weight excluding hydrogens is 273 g/mol. The third kappa shape index (κ3) is 4.65. The van der Waals surface area contributed by atoms with Crippen molar-refractivity contribution in [3.05, 3.63) is 54.3 Å². The first-order valence-corrected chi connectivity index (χ1v) is 6.62. The van der Waals surface area contributed by atoms with Gasteiger partial charge in [0.25, 0.3) is 0 Å². The summed E-state index contributed by atoms with van der Waals surface area (Å²) in [6.07, 6.45) is -0.694. The SMILES string of the molecule is COc1ccccc1OCC(O)CNc1ccc(F)cc1. The van der Waals surface area contributed by atoms with Crippen LogP contribution in [0.25, 0.3) is 0 Å². The number of aliphatic hydroxyl groups is 1. The largest absolute Gasteiger partial charge is 0.493 e. The molecule has 0 spiro atoms. The molecule has 1 unspecified atom stereocenters. The molecule has 5 heteroatoms. The highest BCUT2D eigenvalue weighted by Gasteiger charge is 2.08. The number of hydrogen-bond donors (Lipinski definition) is 2. The molecule has 2 aromatic carbocycles. The molecule has 1 atom stereocenters. The van der Waals surface area contributed by atoms with Crippen LogP contribution < -0.4 is 14.8 Å². The fraction of sp³-hybridized carbons (Fsp3) is 0.250. The van der Waals surface area contributed by atoms with Crippen molar-refractivity contribution in [2.75, 3.05) is 25.6 Å². The van der Waals surface area contributed by atoms with Crippen LogP contribution in [0, 0.1) is 5.82 Å².